The summed E-state index contributed by atoms with van der Waals surface area (Å²) < 4.78 is 0. The van der Waals surface area contributed by atoms with Gasteiger partial charge in [0, 0.05) is 0 Å². The highest BCUT2D eigenvalue weighted by Gasteiger charge is 2.16. The third-order valence-corrected chi connectivity index (χ3v) is 0.998. The van der Waals surface area contributed by atoms with Crippen LogP contribution in [0, 0.1) is 5.92 Å². The summed E-state index contributed by atoms with van der Waals surface area (Å²) in [7, 11) is 0. The molecule has 3 heteroatoms. The van der Waals surface area contributed by atoms with Gasteiger partial charge in [0.15, 0.2) is 5.78 Å². The van der Waals surface area contributed by atoms with Gasteiger partial charge in [-0.05, 0) is 13.0 Å². The first-order valence-electron chi connectivity index (χ1n) is 2.48. The molecule has 0 rings (SSSR count). The van der Waals surface area contributed by atoms with Crippen LogP contribution in [0.25, 0.3) is 0 Å². The smallest absolute Gasteiger partial charge is 0.314 e. The molecule has 50 valence electrons. The molecule has 0 aromatic heterocycles. The third kappa shape index (κ3) is 2.08. The van der Waals surface area contributed by atoms with Crippen LogP contribution in [-0.2, 0) is 9.59 Å². The molecule has 1 unspecified atom stereocenters. The lowest BCUT2D eigenvalue weighted by Gasteiger charge is -1.97. The number of carbonyl (C=O) groups is 2. The Labute approximate surface area is 53.0 Å². The molecule has 0 spiro atoms. The normalized spacial score (nSPS) is 12.1. The lowest BCUT2D eigenvalue weighted by molar-refractivity contribution is -0.144. The zero-order chi connectivity index (χ0) is 7.44. The van der Waals surface area contributed by atoms with Crippen LogP contribution in [0.15, 0.2) is 12.7 Å². The highest BCUT2D eigenvalue weighted by Crippen LogP contribution is 1.95. The molecular weight excluding hydrogens is 120 g/mol. The van der Waals surface area contributed by atoms with Gasteiger partial charge in [0.1, 0.15) is 5.92 Å². The Bertz CT molecular complexity index is 148. The van der Waals surface area contributed by atoms with Crippen molar-refractivity contribution in [2.45, 2.75) is 6.92 Å². The number of allylic oxidation sites excluding steroid dienone is 1. The molecule has 0 aliphatic rings. The predicted octanol–water partition coefficient (Wildman–Crippen LogP) is 0.462. The summed E-state index contributed by atoms with van der Waals surface area (Å²) >= 11 is 0. The molecule has 0 aliphatic heterocycles. The molecule has 0 saturated carbocycles. The Hall–Kier alpha value is -1.12. The standard InChI is InChI=1S/C6H8O3/c1-3-5(7)4(2)6(8)9/h3-4H,1H2,2H3,(H,8,9). The van der Waals surface area contributed by atoms with Crippen LogP contribution in [0.1, 0.15) is 6.92 Å². The summed E-state index contributed by atoms with van der Waals surface area (Å²) in [6.45, 7) is 4.48. The first-order chi connectivity index (χ1) is 4.09. The minimum atomic E-state index is -1.11. The second-order valence-corrected chi connectivity index (χ2v) is 1.67. The van der Waals surface area contributed by atoms with E-state index >= 15 is 0 Å². The van der Waals surface area contributed by atoms with Gasteiger partial charge in [0.25, 0.3) is 0 Å². The average molecular weight is 128 g/mol. The van der Waals surface area contributed by atoms with Crippen molar-refractivity contribution < 1.29 is 14.7 Å². The van der Waals surface area contributed by atoms with Crippen LogP contribution in [0.5, 0.6) is 0 Å². The topological polar surface area (TPSA) is 54.4 Å². The molecule has 0 heterocycles. The largest absolute Gasteiger partial charge is 0.481 e. The zero-order valence-electron chi connectivity index (χ0n) is 5.13. The first-order valence-corrected chi connectivity index (χ1v) is 2.48. The van der Waals surface area contributed by atoms with E-state index in [4.69, 9.17) is 5.11 Å². The minimum absolute atomic E-state index is 0.456. The van der Waals surface area contributed by atoms with Gasteiger partial charge in [-0.2, -0.15) is 0 Å². The van der Waals surface area contributed by atoms with E-state index in [1.54, 1.807) is 0 Å². The number of aliphatic carboxylic acids is 1. The second kappa shape index (κ2) is 3.02. The number of rotatable bonds is 3. The van der Waals surface area contributed by atoms with Crippen LogP contribution >= 0.6 is 0 Å². The average Bonchev–Trinajstić information content (AvgIpc) is 1.84. The van der Waals surface area contributed by atoms with Gasteiger partial charge in [-0.15, -0.1) is 0 Å². The summed E-state index contributed by atoms with van der Waals surface area (Å²) in [5, 5.41) is 8.21. The van der Waals surface area contributed by atoms with Gasteiger partial charge >= 0.3 is 5.97 Å². The molecule has 0 bridgehead atoms. The molecular formula is C6H8O3. The van der Waals surface area contributed by atoms with Crippen LogP contribution in [-0.4, -0.2) is 16.9 Å². The number of carbonyl (C=O) groups excluding carboxylic acids is 1. The molecule has 0 aromatic rings. The van der Waals surface area contributed by atoms with E-state index in [-0.39, 0.29) is 0 Å². The van der Waals surface area contributed by atoms with Crippen molar-refractivity contribution in [1.29, 1.82) is 0 Å². The monoisotopic (exact) mass is 128 g/mol. The first kappa shape index (κ1) is 7.88. The number of carboxylic acid groups (broad SMARTS) is 1. The molecule has 0 radical (unpaired) electrons. The number of hydrogen-bond acceptors (Lipinski definition) is 2. The minimum Gasteiger partial charge on any atom is -0.481 e. The van der Waals surface area contributed by atoms with E-state index in [9.17, 15) is 9.59 Å². The summed E-state index contributed by atoms with van der Waals surface area (Å²) in [5.41, 5.74) is 0. The lowest BCUT2D eigenvalue weighted by atomic mass is 10.1. The van der Waals surface area contributed by atoms with Gasteiger partial charge in [-0.25, -0.2) is 0 Å². The number of carboxylic acids is 1. The Morgan fingerprint density at radius 2 is 2.11 bits per heavy atom. The maximum absolute atomic E-state index is 10.5. The van der Waals surface area contributed by atoms with Crippen molar-refractivity contribution in [3.63, 3.8) is 0 Å². The second-order valence-electron chi connectivity index (χ2n) is 1.67. The fourth-order valence-corrected chi connectivity index (χ4v) is 0.298. The van der Waals surface area contributed by atoms with E-state index < -0.39 is 17.7 Å². The van der Waals surface area contributed by atoms with Crippen LogP contribution in [0.3, 0.4) is 0 Å². The van der Waals surface area contributed by atoms with Crippen molar-refractivity contribution in [3.05, 3.63) is 12.7 Å². The van der Waals surface area contributed by atoms with Crippen molar-refractivity contribution in [2.24, 2.45) is 5.92 Å². The predicted molar refractivity (Wildman–Crippen MR) is 32.0 cm³/mol. The lowest BCUT2D eigenvalue weighted by Crippen LogP contribution is -2.17. The molecule has 0 aromatic carbocycles. The van der Waals surface area contributed by atoms with Gasteiger partial charge < -0.3 is 5.11 Å². The van der Waals surface area contributed by atoms with Crippen LogP contribution < -0.4 is 0 Å². The summed E-state index contributed by atoms with van der Waals surface area (Å²) in [6.07, 6.45) is 1.01. The van der Waals surface area contributed by atoms with Crippen molar-refractivity contribution >= 4 is 11.8 Å². The van der Waals surface area contributed by atoms with Crippen LogP contribution in [0.4, 0.5) is 0 Å². The van der Waals surface area contributed by atoms with Crippen molar-refractivity contribution in [3.8, 4) is 0 Å². The Morgan fingerprint density at radius 3 is 2.22 bits per heavy atom. The van der Waals surface area contributed by atoms with Crippen molar-refractivity contribution in [2.75, 3.05) is 0 Å². The molecule has 1 atom stereocenters. The van der Waals surface area contributed by atoms with Gasteiger partial charge in [-0.3, -0.25) is 9.59 Å². The molecule has 0 amide bonds. The molecule has 3 nitrogen and oxygen atoms in total. The van der Waals surface area contributed by atoms with Gasteiger partial charge in [-0.1, -0.05) is 6.58 Å². The maximum atomic E-state index is 10.5. The molecule has 0 fully saturated rings. The fourth-order valence-electron chi connectivity index (χ4n) is 0.298. The molecule has 0 aliphatic carbocycles. The van der Waals surface area contributed by atoms with Gasteiger partial charge in [0.2, 0.25) is 0 Å². The Balaban J connectivity index is 4.03. The van der Waals surface area contributed by atoms with E-state index in [0.717, 1.165) is 6.08 Å². The molecule has 0 saturated heterocycles. The Morgan fingerprint density at radius 1 is 1.67 bits per heavy atom. The molecule has 1 N–H and O–H groups in total. The van der Waals surface area contributed by atoms with Crippen LogP contribution in [0.2, 0.25) is 0 Å². The SMILES string of the molecule is C=CC(=O)C(C)C(=O)O. The zero-order valence-corrected chi connectivity index (χ0v) is 5.13. The molecule has 9 heavy (non-hydrogen) atoms. The summed E-state index contributed by atoms with van der Waals surface area (Å²) in [4.78, 5) is 20.5. The number of hydrogen-bond donors (Lipinski definition) is 1. The van der Waals surface area contributed by atoms with E-state index in [0.29, 0.717) is 0 Å². The summed E-state index contributed by atoms with van der Waals surface area (Å²) in [6, 6.07) is 0. The fraction of sp³-hybridized carbons (Fsp3) is 0.333. The quantitative estimate of drug-likeness (QED) is 0.443. The highest BCUT2D eigenvalue weighted by atomic mass is 16.4. The van der Waals surface area contributed by atoms with E-state index in [1.165, 1.54) is 6.92 Å². The Kier molecular flexibility index (Phi) is 2.64. The maximum Gasteiger partial charge on any atom is 0.314 e. The number of ketones is 1. The van der Waals surface area contributed by atoms with Crippen molar-refractivity contribution in [1.82, 2.24) is 0 Å². The van der Waals surface area contributed by atoms with Gasteiger partial charge in [0.05, 0.1) is 0 Å². The third-order valence-electron chi connectivity index (χ3n) is 0.998. The van der Waals surface area contributed by atoms with E-state index in [1.807, 2.05) is 0 Å². The summed E-state index contributed by atoms with van der Waals surface area (Å²) in [5.74, 6) is -2.52. The van der Waals surface area contributed by atoms with E-state index in [2.05, 4.69) is 6.58 Å². The highest BCUT2D eigenvalue weighted by molar-refractivity contribution is 6.03.